The molecular weight excluding hydrogens is 277 g/mol. The quantitative estimate of drug-likeness (QED) is 0.925. The predicted octanol–water partition coefficient (Wildman–Crippen LogP) is 4.11. The standard InChI is InChI=1S/C15H17ClFN3/c1-8-5-12(6-9(2)13(8)17)7-18-15-11(4)10(3)14(16)19-20-15/h5-6H,7H2,1-4H3,(H,18,20). The lowest BCUT2D eigenvalue weighted by Crippen LogP contribution is -2.07. The van der Waals surface area contributed by atoms with Crippen LogP contribution in [-0.4, -0.2) is 10.2 Å². The maximum absolute atomic E-state index is 13.6. The summed E-state index contributed by atoms with van der Waals surface area (Å²) in [4.78, 5) is 0. The Balaban J connectivity index is 2.19. The number of halogens is 2. The summed E-state index contributed by atoms with van der Waals surface area (Å²) in [6.45, 7) is 7.95. The second kappa shape index (κ2) is 5.75. The molecule has 0 fully saturated rings. The highest BCUT2D eigenvalue weighted by atomic mass is 35.5. The topological polar surface area (TPSA) is 37.8 Å². The van der Waals surface area contributed by atoms with Crippen LogP contribution in [-0.2, 0) is 6.54 Å². The fourth-order valence-corrected chi connectivity index (χ4v) is 2.25. The third-order valence-corrected chi connectivity index (χ3v) is 3.78. The van der Waals surface area contributed by atoms with E-state index in [9.17, 15) is 4.39 Å². The summed E-state index contributed by atoms with van der Waals surface area (Å²) in [7, 11) is 0. The van der Waals surface area contributed by atoms with E-state index in [1.165, 1.54) is 0 Å². The Morgan fingerprint density at radius 2 is 1.65 bits per heavy atom. The molecule has 1 aromatic carbocycles. The first kappa shape index (κ1) is 14.7. The summed E-state index contributed by atoms with van der Waals surface area (Å²) in [5, 5.41) is 11.6. The minimum Gasteiger partial charge on any atom is -0.364 e. The third-order valence-electron chi connectivity index (χ3n) is 3.42. The zero-order valence-corrected chi connectivity index (χ0v) is 12.8. The number of aromatic nitrogens is 2. The molecule has 0 amide bonds. The fraction of sp³-hybridized carbons (Fsp3) is 0.333. The second-order valence-electron chi connectivity index (χ2n) is 4.99. The minimum atomic E-state index is -0.146. The van der Waals surface area contributed by atoms with E-state index >= 15 is 0 Å². The number of hydrogen-bond donors (Lipinski definition) is 1. The van der Waals surface area contributed by atoms with Crippen molar-refractivity contribution in [3.05, 3.63) is 50.9 Å². The average molecular weight is 294 g/mol. The molecule has 3 nitrogen and oxygen atoms in total. The van der Waals surface area contributed by atoms with Crippen LogP contribution in [0.25, 0.3) is 0 Å². The van der Waals surface area contributed by atoms with E-state index < -0.39 is 0 Å². The Morgan fingerprint density at radius 1 is 1.05 bits per heavy atom. The maximum atomic E-state index is 13.6. The number of nitrogens with zero attached hydrogens (tertiary/aromatic N) is 2. The van der Waals surface area contributed by atoms with Crippen molar-refractivity contribution in [1.82, 2.24) is 10.2 Å². The molecular formula is C15H17ClFN3. The molecule has 0 radical (unpaired) electrons. The number of aryl methyl sites for hydroxylation is 2. The molecule has 106 valence electrons. The molecule has 0 aliphatic carbocycles. The van der Waals surface area contributed by atoms with Crippen LogP contribution >= 0.6 is 11.6 Å². The molecule has 0 saturated carbocycles. The van der Waals surface area contributed by atoms with Crippen molar-refractivity contribution in [3.63, 3.8) is 0 Å². The maximum Gasteiger partial charge on any atom is 0.155 e. The monoisotopic (exact) mass is 293 g/mol. The highest BCUT2D eigenvalue weighted by Gasteiger charge is 2.09. The van der Waals surface area contributed by atoms with Crippen LogP contribution < -0.4 is 5.32 Å². The van der Waals surface area contributed by atoms with Crippen LogP contribution in [0.4, 0.5) is 10.2 Å². The minimum absolute atomic E-state index is 0.146. The molecule has 0 saturated heterocycles. The summed E-state index contributed by atoms with van der Waals surface area (Å²) < 4.78 is 13.6. The van der Waals surface area contributed by atoms with Gasteiger partial charge in [-0.2, -0.15) is 0 Å². The van der Waals surface area contributed by atoms with Crippen molar-refractivity contribution < 1.29 is 4.39 Å². The van der Waals surface area contributed by atoms with Gasteiger partial charge in [-0.1, -0.05) is 23.7 Å². The molecule has 1 heterocycles. The summed E-state index contributed by atoms with van der Waals surface area (Å²) in [6.07, 6.45) is 0. The predicted molar refractivity (Wildman–Crippen MR) is 79.7 cm³/mol. The van der Waals surface area contributed by atoms with Gasteiger partial charge in [0.15, 0.2) is 11.0 Å². The van der Waals surface area contributed by atoms with Crippen molar-refractivity contribution in [3.8, 4) is 0 Å². The van der Waals surface area contributed by atoms with Crippen molar-refractivity contribution in [2.24, 2.45) is 0 Å². The molecule has 2 aromatic rings. The van der Waals surface area contributed by atoms with Crippen molar-refractivity contribution in [2.75, 3.05) is 5.32 Å². The van der Waals surface area contributed by atoms with E-state index in [1.54, 1.807) is 13.8 Å². The second-order valence-corrected chi connectivity index (χ2v) is 5.34. The van der Waals surface area contributed by atoms with Gasteiger partial charge in [-0.15, -0.1) is 10.2 Å². The highest BCUT2D eigenvalue weighted by molar-refractivity contribution is 6.30. The smallest absolute Gasteiger partial charge is 0.155 e. The fourth-order valence-electron chi connectivity index (χ4n) is 2.07. The molecule has 0 unspecified atom stereocenters. The van der Waals surface area contributed by atoms with Gasteiger partial charge in [-0.25, -0.2) is 4.39 Å². The Labute approximate surface area is 123 Å². The van der Waals surface area contributed by atoms with Crippen LogP contribution in [0.3, 0.4) is 0 Å². The van der Waals surface area contributed by atoms with Gasteiger partial charge in [0.25, 0.3) is 0 Å². The van der Waals surface area contributed by atoms with Crippen LogP contribution in [0.1, 0.15) is 27.8 Å². The van der Waals surface area contributed by atoms with E-state index in [-0.39, 0.29) is 5.82 Å². The van der Waals surface area contributed by atoms with E-state index in [0.717, 1.165) is 16.7 Å². The summed E-state index contributed by atoms with van der Waals surface area (Å²) in [5.74, 6) is 0.554. The van der Waals surface area contributed by atoms with E-state index in [1.807, 2.05) is 26.0 Å². The highest BCUT2D eigenvalue weighted by Crippen LogP contribution is 2.21. The SMILES string of the molecule is Cc1cc(CNc2nnc(Cl)c(C)c2C)cc(C)c1F. The Kier molecular flexibility index (Phi) is 4.23. The van der Waals surface area contributed by atoms with Gasteiger partial charge in [0.1, 0.15) is 5.82 Å². The van der Waals surface area contributed by atoms with E-state index in [0.29, 0.717) is 28.6 Å². The molecule has 20 heavy (non-hydrogen) atoms. The van der Waals surface area contributed by atoms with Crippen molar-refractivity contribution in [2.45, 2.75) is 34.2 Å². The largest absolute Gasteiger partial charge is 0.364 e. The Morgan fingerprint density at radius 3 is 2.25 bits per heavy atom. The molecule has 0 aliphatic heterocycles. The third kappa shape index (κ3) is 2.90. The summed E-state index contributed by atoms with van der Waals surface area (Å²) >= 11 is 5.92. The number of benzene rings is 1. The van der Waals surface area contributed by atoms with Crippen molar-refractivity contribution in [1.29, 1.82) is 0 Å². The first-order valence-corrected chi connectivity index (χ1v) is 6.76. The Hall–Kier alpha value is -1.68. The normalized spacial score (nSPS) is 10.7. The zero-order chi connectivity index (χ0) is 14.9. The average Bonchev–Trinajstić information content (AvgIpc) is 2.41. The molecule has 0 atom stereocenters. The van der Waals surface area contributed by atoms with E-state index in [2.05, 4.69) is 15.5 Å². The van der Waals surface area contributed by atoms with Gasteiger partial charge in [0.05, 0.1) is 0 Å². The lowest BCUT2D eigenvalue weighted by Gasteiger charge is -2.11. The number of anilines is 1. The number of rotatable bonds is 3. The molecule has 5 heteroatoms. The first-order chi connectivity index (χ1) is 9.40. The Bertz CT molecular complexity index is 633. The van der Waals surface area contributed by atoms with Gasteiger partial charge in [-0.05, 0) is 55.5 Å². The zero-order valence-electron chi connectivity index (χ0n) is 12.0. The lowest BCUT2D eigenvalue weighted by atomic mass is 10.1. The summed E-state index contributed by atoms with van der Waals surface area (Å²) in [5.41, 5.74) is 4.19. The van der Waals surface area contributed by atoms with Gasteiger partial charge < -0.3 is 5.32 Å². The van der Waals surface area contributed by atoms with Gasteiger partial charge in [-0.3, -0.25) is 0 Å². The van der Waals surface area contributed by atoms with Crippen LogP contribution in [0.15, 0.2) is 12.1 Å². The molecule has 1 aromatic heterocycles. The number of nitrogens with one attached hydrogen (secondary N) is 1. The van der Waals surface area contributed by atoms with Gasteiger partial charge in [0.2, 0.25) is 0 Å². The van der Waals surface area contributed by atoms with Gasteiger partial charge in [0, 0.05) is 6.54 Å². The molecule has 2 rings (SSSR count). The molecule has 0 aliphatic rings. The van der Waals surface area contributed by atoms with E-state index in [4.69, 9.17) is 11.6 Å². The molecule has 0 spiro atoms. The lowest BCUT2D eigenvalue weighted by molar-refractivity contribution is 0.608. The number of hydrogen-bond acceptors (Lipinski definition) is 3. The first-order valence-electron chi connectivity index (χ1n) is 6.39. The molecule has 1 N–H and O–H groups in total. The van der Waals surface area contributed by atoms with Crippen LogP contribution in [0.2, 0.25) is 5.15 Å². The molecule has 0 bridgehead atoms. The van der Waals surface area contributed by atoms with Crippen LogP contribution in [0, 0.1) is 33.5 Å². The summed E-state index contributed by atoms with van der Waals surface area (Å²) in [6, 6.07) is 3.67. The van der Waals surface area contributed by atoms with Crippen molar-refractivity contribution >= 4 is 17.4 Å². The van der Waals surface area contributed by atoms with Crippen LogP contribution in [0.5, 0.6) is 0 Å². The van der Waals surface area contributed by atoms with Gasteiger partial charge >= 0.3 is 0 Å².